The van der Waals surface area contributed by atoms with Gasteiger partial charge in [0.05, 0.1) is 16.3 Å². The van der Waals surface area contributed by atoms with E-state index < -0.39 is 5.97 Å². The number of hydrogen-bond acceptors (Lipinski definition) is 4. The summed E-state index contributed by atoms with van der Waals surface area (Å²) in [6, 6.07) is 2.04. The number of carbonyl (C=O) groups is 1. The fourth-order valence-corrected chi connectivity index (χ4v) is 3.63. The largest absolute Gasteiger partial charge is 0.481 e. The number of rotatable bonds is 4. The predicted molar refractivity (Wildman–Crippen MR) is 69.1 cm³/mol. The van der Waals surface area contributed by atoms with Crippen molar-refractivity contribution in [3.8, 4) is 9.75 Å². The van der Waals surface area contributed by atoms with Crippen molar-refractivity contribution < 1.29 is 9.90 Å². The molecule has 0 amide bonds. The average Bonchev–Trinajstić information content (AvgIpc) is 2.83. The lowest BCUT2D eigenvalue weighted by Gasteiger charge is -1.90. The van der Waals surface area contributed by atoms with Crippen LogP contribution >= 0.6 is 38.6 Å². The molecule has 6 heteroatoms. The van der Waals surface area contributed by atoms with Crippen LogP contribution in [0.25, 0.3) is 9.75 Å². The van der Waals surface area contributed by atoms with Crippen LogP contribution in [0.1, 0.15) is 11.4 Å². The second kappa shape index (κ2) is 5.07. The highest BCUT2D eigenvalue weighted by molar-refractivity contribution is 9.10. The van der Waals surface area contributed by atoms with E-state index in [1.54, 1.807) is 28.9 Å². The van der Waals surface area contributed by atoms with E-state index in [1.165, 1.54) is 0 Å². The maximum absolute atomic E-state index is 10.4. The van der Waals surface area contributed by atoms with Gasteiger partial charge in [-0.05, 0) is 22.0 Å². The number of nitrogens with zero attached hydrogens (tertiary/aromatic N) is 1. The Balaban J connectivity index is 2.10. The zero-order chi connectivity index (χ0) is 11.5. The van der Waals surface area contributed by atoms with E-state index in [4.69, 9.17) is 5.11 Å². The Labute approximate surface area is 109 Å². The van der Waals surface area contributed by atoms with E-state index in [-0.39, 0.29) is 6.42 Å². The van der Waals surface area contributed by atoms with Gasteiger partial charge in [0.2, 0.25) is 0 Å². The van der Waals surface area contributed by atoms with Crippen molar-refractivity contribution in [1.29, 1.82) is 0 Å². The molecule has 0 bridgehead atoms. The van der Waals surface area contributed by atoms with Crippen LogP contribution in [0.2, 0.25) is 0 Å². The van der Waals surface area contributed by atoms with Crippen molar-refractivity contribution in [2.45, 2.75) is 12.8 Å². The van der Waals surface area contributed by atoms with Gasteiger partial charge in [0.1, 0.15) is 0 Å². The van der Waals surface area contributed by atoms with Gasteiger partial charge in [-0.3, -0.25) is 4.79 Å². The van der Waals surface area contributed by atoms with Gasteiger partial charge < -0.3 is 5.11 Å². The Morgan fingerprint density at radius 3 is 2.94 bits per heavy atom. The molecule has 0 radical (unpaired) electrons. The van der Waals surface area contributed by atoms with Crippen LogP contribution in [-0.4, -0.2) is 16.1 Å². The first-order valence-electron chi connectivity index (χ1n) is 4.56. The number of thiazole rings is 1. The van der Waals surface area contributed by atoms with Gasteiger partial charge in [0.25, 0.3) is 0 Å². The van der Waals surface area contributed by atoms with Gasteiger partial charge in [0, 0.05) is 27.3 Å². The number of thiophene rings is 1. The highest BCUT2D eigenvalue weighted by atomic mass is 79.9. The molecule has 3 nitrogen and oxygen atoms in total. The number of aromatic nitrogens is 1. The third kappa shape index (κ3) is 2.90. The molecule has 0 unspecified atom stereocenters. The van der Waals surface area contributed by atoms with Crippen LogP contribution in [0.3, 0.4) is 0 Å². The predicted octanol–water partition coefficient (Wildman–Crippen LogP) is 3.65. The van der Waals surface area contributed by atoms with Crippen LogP contribution in [-0.2, 0) is 11.2 Å². The van der Waals surface area contributed by atoms with Crippen LogP contribution < -0.4 is 0 Å². The number of halogens is 1. The molecule has 0 spiro atoms. The molecule has 2 heterocycles. The number of hydrogen-bond donors (Lipinski definition) is 1. The molecule has 2 rings (SSSR count). The second-order valence-electron chi connectivity index (χ2n) is 3.14. The molecule has 2 aromatic heterocycles. The summed E-state index contributed by atoms with van der Waals surface area (Å²) in [6.07, 6.45) is 2.45. The Hall–Kier alpha value is -0.720. The minimum absolute atomic E-state index is 0.140. The first kappa shape index (κ1) is 11.8. The van der Waals surface area contributed by atoms with Crippen LogP contribution in [0.4, 0.5) is 0 Å². The molecule has 1 N–H and O–H groups in total. The van der Waals surface area contributed by atoms with E-state index in [0.29, 0.717) is 6.42 Å². The lowest BCUT2D eigenvalue weighted by molar-refractivity contribution is -0.136. The zero-order valence-corrected chi connectivity index (χ0v) is 11.4. The first-order chi connectivity index (χ1) is 7.65. The van der Waals surface area contributed by atoms with Crippen molar-refractivity contribution in [3.63, 3.8) is 0 Å². The smallest absolute Gasteiger partial charge is 0.303 e. The van der Waals surface area contributed by atoms with Crippen molar-refractivity contribution in [2.75, 3.05) is 0 Å². The summed E-state index contributed by atoms with van der Waals surface area (Å²) < 4.78 is 1.06. The molecular weight excluding hydrogens is 310 g/mol. The fraction of sp³-hybridized carbons (Fsp3) is 0.200. The van der Waals surface area contributed by atoms with Crippen LogP contribution in [0.5, 0.6) is 0 Å². The van der Waals surface area contributed by atoms with E-state index in [0.717, 1.165) is 19.2 Å². The Morgan fingerprint density at radius 2 is 2.31 bits per heavy atom. The van der Waals surface area contributed by atoms with Gasteiger partial charge in [-0.1, -0.05) is 0 Å². The van der Waals surface area contributed by atoms with E-state index in [2.05, 4.69) is 20.9 Å². The fourth-order valence-electron chi connectivity index (χ4n) is 1.20. The van der Waals surface area contributed by atoms with E-state index in [9.17, 15) is 4.79 Å². The summed E-state index contributed by atoms with van der Waals surface area (Å²) >= 11 is 6.61. The lowest BCUT2D eigenvalue weighted by Crippen LogP contribution is -1.96. The lowest BCUT2D eigenvalue weighted by atomic mass is 10.3. The van der Waals surface area contributed by atoms with Gasteiger partial charge >= 0.3 is 5.97 Å². The monoisotopic (exact) mass is 317 g/mol. The molecular formula is C10H8BrNO2S2. The van der Waals surface area contributed by atoms with Gasteiger partial charge in [-0.15, -0.1) is 22.7 Å². The van der Waals surface area contributed by atoms with Gasteiger partial charge in [0.15, 0.2) is 0 Å². The molecule has 0 aliphatic carbocycles. The van der Waals surface area contributed by atoms with Crippen LogP contribution in [0, 0.1) is 0 Å². The van der Waals surface area contributed by atoms with E-state index >= 15 is 0 Å². The molecule has 0 saturated heterocycles. The maximum atomic E-state index is 10.4. The quantitative estimate of drug-likeness (QED) is 0.936. The first-order valence-corrected chi connectivity index (χ1v) is 7.05. The van der Waals surface area contributed by atoms with Gasteiger partial charge in [-0.2, -0.15) is 0 Å². The third-order valence-electron chi connectivity index (χ3n) is 1.92. The third-order valence-corrected chi connectivity index (χ3v) is 4.86. The minimum Gasteiger partial charge on any atom is -0.481 e. The molecule has 16 heavy (non-hydrogen) atoms. The highest BCUT2D eigenvalue weighted by Crippen LogP contribution is 2.33. The minimum atomic E-state index is -0.782. The second-order valence-corrected chi connectivity index (χ2v) is 6.08. The number of carboxylic acid groups (broad SMARTS) is 1. The Bertz CT molecular complexity index is 506. The molecule has 0 saturated carbocycles. The Kier molecular flexibility index (Phi) is 3.73. The molecule has 2 aromatic rings. The molecule has 84 valence electrons. The summed E-state index contributed by atoms with van der Waals surface area (Å²) in [4.78, 5) is 16.9. The summed E-state index contributed by atoms with van der Waals surface area (Å²) in [7, 11) is 0. The molecule has 0 aromatic carbocycles. The molecule has 0 atom stereocenters. The number of aryl methyl sites for hydroxylation is 1. The molecule has 0 aliphatic heterocycles. The highest BCUT2D eigenvalue weighted by Gasteiger charge is 2.08. The standard InChI is InChI=1S/C10H8BrNO2S2/c11-6-3-7(15-5-6)8-4-12-9(16-8)1-2-10(13)14/h3-5H,1-2H2,(H,13,14). The number of aliphatic carboxylic acids is 1. The van der Waals surface area contributed by atoms with Crippen LogP contribution in [0.15, 0.2) is 22.1 Å². The maximum Gasteiger partial charge on any atom is 0.303 e. The summed E-state index contributed by atoms with van der Waals surface area (Å²) in [5.74, 6) is -0.782. The number of carboxylic acids is 1. The van der Waals surface area contributed by atoms with Gasteiger partial charge in [-0.25, -0.2) is 4.98 Å². The Morgan fingerprint density at radius 1 is 1.50 bits per heavy atom. The van der Waals surface area contributed by atoms with E-state index in [1.807, 2.05) is 11.4 Å². The summed E-state index contributed by atoms with van der Waals surface area (Å²) in [5, 5.41) is 11.5. The SMILES string of the molecule is O=C(O)CCc1ncc(-c2cc(Br)cs2)s1. The zero-order valence-electron chi connectivity index (χ0n) is 8.14. The molecule has 0 aliphatic rings. The average molecular weight is 318 g/mol. The van der Waals surface area contributed by atoms with Crippen molar-refractivity contribution in [3.05, 3.63) is 27.1 Å². The normalized spacial score (nSPS) is 10.6. The van der Waals surface area contributed by atoms with Crippen molar-refractivity contribution in [1.82, 2.24) is 4.98 Å². The summed E-state index contributed by atoms with van der Waals surface area (Å²) in [5.41, 5.74) is 0. The topological polar surface area (TPSA) is 50.2 Å². The van der Waals surface area contributed by atoms with Crippen molar-refractivity contribution >= 4 is 44.6 Å². The molecule has 0 fully saturated rings. The van der Waals surface area contributed by atoms with Crippen molar-refractivity contribution in [2.24, 2.45) is 0 Å². The summed E-state index contributed by atoms with van der Waals surface area (Å²) in [6.45, 7) is 0.